The van der Waals surface area contributed by atoms with E-state index in [-0.39, 0.29) is 0 Å². The number of nitrogens with zero attached hydrogens (tertiary/aromatic N) is 1. The first kappa shape index (κ1) is 18.5. The summed E-state index contributed by atoms with van der Waals surface area (Å²) in [7, 11) is 0. The summed E-state index contributed by atoms with van der Waals surface area (Å²) in [5.41, 5.74) is 0. The summed E-state index contributed by atoms with van der Waals surface area (Å²) >= 11 is 0. The summed E-state index contributed by atoms with van der Waals surface area (Å²) in [5.74, 6) is -0.644. The minimum absolute atomic E-state index is 0.307. The number of likely N-dealkylation sites (tertiary alicyclic amines) is 1. The summed E-state index contributed by atoms with van der Waals surface area (Å²) in [6.45, 7) is 4.48. The third-order valence-electron chi connectivity index (χ3n) is 4.71. The van der Waals surface area contributed by atoms with Gasteiger partial charge in [0.2, 0.25) is 0 Å². The molecule has 0 aromatic carbocycles. The van der Waals surface area contributed by atoms with Crippen molar-refractivity contribution >= 4 is 5.97 Å². The number of hydrogen-bond donors (Lipinski definition) is 1. The SMILES string of the molecule is CCCCCCCCCCCCN1CCCC1CC(=O)O. The van der Waals surface area contributed by atoms with E-state index in [4.69, 9.17) is 5.11 Å². The summed E-state index contributed by atoms with van der Waals surface area (Å²) in [4.78, 5) is 13.2. The zero-order valence-electron chi connectivity index (χ0n) is 14.0. The number of hydrogen-bond acceptors (Lipinski definition) is 2. The predicted molar refractivity (Wildman–Crippen MR) is 88.7 cm³/mol. The Morgan fingerprint density at radius 3 is 2.14 bits per heavy atom. The average molecular weight is 297 g/mol. The highest BCUT2D eigenvalue weighted by Gasteiger charge is 2.25. The molecule has 1 saturated heterocycles. The van der Waals surface area contributed by atoms with E-state index in [2.05, 4.69) is 11.8 Å². The molecule has 21 heavy (non-hydrogen) atoms. The van der Waals surface area contributed by atoms with Crippen LogP contribution in [-0.2, 0) is 4.79 Å². The van der Waals surface area contributed by atoms with E-state index >= 15 is 0 Å². The Labute approximate surface area is 131 Å². The van der Waals surface area contributed by atoms with Crippen molar-refractivity contribution < 1.29 is 9.90 Å². The van der Waals surface area contributed by atoms with Gasteiger partial charge in [-0.15, -0.1) is 0 Å². The lowest BCUT2D eigenvalue weighted by Crippen LogP contribution is -2.32. The summed E-state index contributed by atoms with van der Waals surface area (Å²) in [6, 6.07) is 0.307. The molecule has 0 aliphatic carbocycles. The lowest BCUT2D eigenvalue weighted by molar-refractivity contribution is -0.138. The molecule has 3 nitrogen and oxygen atoms in total. The quantitative estimate of drug-likeness (QED) is 0.494. The van der Waals surface area contributed by atoms with Crippen molar-refractivity contribution in [3.05, 3.63) is 0 Å². The fourth-order valence-electron chi connectivity index (χ4n) is 3.42. The third kappa shape index (κ3) is 9.13. The zero-order valence-corrected chi connectivity index (χ0v) is 14.0. The Balaban J connectivity index is 1.90. The van der Waals surface area contributed by atoms with Crippen LogP contribution in [0.25, 0.3) is 0 Å². The van der Waals surface area contributed by atoms with Crippen molar-refractivity contribution in [2.45, 2.75) is 96.4 Å². The molecule has 0 amide bonds. The van der Waals surface area contributed by atoms with Gasteiger partial charge >= 0.3 is 5.97 Å². The third-order valence-corrected chi connectivity index (χ3v) is 4.71. The van der Waals surface area contributed by atoms with Crippen LogP contribution < -0.4 is 0 Å². The molecule has 0 aromatic heterocycles. The Bertz CT molecular complexity index is 268. The molecule has 1 N–H and O–H groups in total. The standard InChI is InChI=1S/C18H35NO2/c1-2-3-4-5-6-7-8-9-10-11-14-19-15-12-13-17(19)16-18(20)21/h17H,2-16H2,1H3,(H,20,21). The fourth-order valence-corrected chi connectivity index (χ4v) is 3.42. The maximum Gasteiger partial charge on any atom is 0.304 e. The molecule has 1 rings (SSSR count). The maximum atomic E-state index is 10.8. The second kappa shape index (κ2) is 12.0. The van der Waals surface area contributed by atoms with Gasteiger partial charge in [0.05, 0.1) is 6.42 Å². The van der Waals surface area contributed by atoms with Gasteiger partial charge in [-0.05, 0) is 32.4 Å². The molecule has 1 unspecified atom stereocenters. The van der Waals surface area contributed by atoms with E-state index in [9.17, 15) is 4.79 Å². The molecule has 0 spiro atoms. The molecule has 1 heterocycles. The van der Waals surface area contributed by atoms with E-state index < -0.39 is 5.97 Å². The Morgan fingerprint density at radius 2 is 1.57 bits per heavy atom. The number of carbonyl (C=O) groups is 1. The Hall–Kier alpha value is -0.570. The van der Waals surface area contributed by atoms with Crippen LogP contribution in [0.5, 0.6) is 0 Å². The van der Waals surface area contributed by atoms with Gasteiger partial charge in [-0.2, -0.15) is 0 Å². The average Bonchev–Trinajstić information content (AvgIpc) is 2.87. The fraction of sp³-hybridized carbons (Fsp3) is 0.944. The van der Waals surface area contributed by atoms with Crippen molar-refractivity contribution in [1.29, 1.82) is 0 Å². The molecule has 1 atom stereocenters. The maximum absolute atomic E-state index is 10.8. The summed E-state index contributed by atoms with van der Waals surface area (Å²) in [6.07, 6.45) is 16.2. The number of unbranched alkanes of at least 4 members (excludes halogenated alkanes) is 9. The van der Waals surface area contributed by atoms with Gasteiger partial charge in [0.15, 0.2) is 0 Å². The molecule has 0 radical (unpaired) electrons. The van der Waals surface area contributed by atoms with Crippen molar-refractivity contribution in [2.75, 3.05) is 13.1 Å². The normalized spacial score (nSPS) is 19.2. The molecule has 0 aromatic rings. The lowest BCUT2D eigenvalue weighted by Gasteiger charge is -2.22. The molecular formula is C18H35NO2. The van der Waals surface area contributed by atoms with Crippen LogP contribution in [0.15, 0.2) is 0 Å². The Morgan fingerprint density at radius 1 is 1.00 bits per heavy atom. The summed E-state index contributed by atoms with van der Waals surface area (Å²) in [5, 5.41) is 8.91. The lowest BCUT2D eigenvalue weighted by atomic mass is 10.1. The van der Waals surface area contributed by atoms with Crippen LogP contribution in [-0.4, -0.2) is 35.1 Å². The van der Waals surface area contributed by atoms with Gasteiger partial charge in [-0.3, -0.25) is 9.69 Å². The van der Waals surface area contributed by atoms with Crippen LogP contribution in [0, 0.1) is 0 Å². The largest absolute Gasteiger partial charge is 0.481 e. The predicted octanol–water partition coefficient (Wildman–Crippen LogP) is 4.85. The van der Waals surface area contributed by atoms with Gasteiger partial charge in [0, 0.05) is 6.04 Å². The van der Waals surface area contributed by atoms with Crippen LogP contribution in [0.1, 0.15) is 90.4 Å². The second-order valence-electron chi connectivity index (χ2n) is 6.61. The van der Waals surface area contributed by atoms with E-state index in [1.165, 1.54) is 70.6 Å². The molecule has 0 saturated carbocycles. The first-order valence-corrected chi connectivity index (χ1v) is 9.20. The van der Waals surface area contributed by atoms with Crippen molar-refractivity contribution in [3.8, 4) is 0 Å². The highest BCUT2D eigenvalue weighted by atomic mass is 16.4. The molecule has 124 valence electrons. The second-order valence-corrected chi connectivity index (χ2v) is 6.61. The number of carboxylic acids is 1. The Kier molecular flexibility index (Phi) is 10.6. The molecule has 3 heteroatoms. The first-order chi connectivity index (χ1) is 10.2. The minimum atomic E-state index is -0.644. The van der Waals surface area contributed by atoms with Crippen LogP contribution in [0.4, 0.5) is 0 Å². The molecule has 1 aliphatic heterocycles. The zero-order chi connectivity index (χ0) is 15.3. The minimum Gasteiger partial charge on any atom is -0.481 e. The van der Waals surface area contributed by atoms with Gasteiger partial charge in [-0.25, -0.2) is 0 Å². The smallest absolute Gasteiger partial charge is 0.304 e. The van der Waals surface area contributed by atoms with Crippen LogP contribution in [0.3, 0.4) is 0 Å². The molecule has 0 bridgehead atoms. The highest BCUT2D eigenvalue weighted by Crippen LogP contribution is 2.21. The van der Waals surface area contributed by atoms with Crippen LogP contribution >= 0.6 is 0 Å². The molecular weight excluding hydrogens is 262 g/mol. The van der Waals surface area contributed by atoms with E-state index in [0.717, 1.165) is 19.5 Å². The number of aliphatic carboxylic acids is 1. The highest BCUT2D eigenvalue weighted by molar-refractivity contribution is 5.67. The van der Waals surface area contributed by atoms with E-state index in [0.29, 0.717) is 12.5 Å². The molecule has 1 aliphatic rings. The number of carboxylic acid groups (broad SMARTS) is 1. The van der Waals surface area contributed by atoms with Crippen LogP contribution in [0.2, 0.25) is 0 Å². The van der Waals surface area contributed by atoms with Gasteiger partial charge in [0.1, 0.15) is 0 Å². The van der Waals surface area contributed by atoms with E-state index in [1.54, 1.807) is 0 Å². The first-order valence-electron chi connectivity index (χ1n) is 9.20. The van der Waals surface area contributed by atoms with Gasteiger partial charge in [-0.1, -0.05) is 64.7 Å². The monoisotopic (exact) mass is 297 g/mol. The summed E-state index contributed by atoms with van der Waals surface area (Å²) < 4.78 is 0. The van der Waals surface area contributed by atoms with E-state index in [1.807, 2.05) is 0 Å². The molecule has 1 fully saturated rings. The topological polar surface area (TPSA) is 40.5 Å². The van der Waals surface area contributed by atoms with Crippen molar-refractivity contribution in [1.82, 2.24) is 4.90 Å². The van der Waals surface area contributed by atoms with Gasteiger partial charge < -0.3 is 5.11 Å². The van der Waals surface area contributed by atoms with Gasteiger partial charge in [0.25, 0.3) is 0 Å². The van der Waals surface area contributed by atoms with Crippen molar-refractivity contribution in [2.24, 2.45) is 0 Å². The van der Waals surface area contributed by atoms with Crippen molar-refractivity contribution in [3.63, 3.8) is 0 Å². The number of rotatable bonds is 13.